The molecule has 4 nitrogen and oxygen atoms in total. The van der Waals surface area contributed by atoms with E-state index in [4.69, 9.17) is 0 Å². The number of aromatic amines is 1. The molecule has 0 atom stereocenters. The van der Waals surface area contributed by atoms with E-state index in [2.05, 4.69) is 47.1 Å². The third-order valence-electron chi connectivity index (χ3n) is 2.23. The molecule has 0 bridgehead atoms. The Bertz CT molecular complexity index is 610. The van der Waals surface area contributed by atoms with Crippen molar-refractivity contribution in [2.24, 2.45) is 0 Å². The van der Waals surface area contributed by atoms with Crippen LogP contribution in [0.25, 0.3) is 0 Å². The van der Waals surface area contributed by atoms with Crippen molar-refractivity contribution in [2.75, 3.05) is 5.32 Å². The highest BCUT2D eigenvalue weighted by atomic mass is 79.9. The number of hydrogen-bond donors (Lipinski definition) is 2. The summed E-state index contributed by atoms with van der Waals surface area (Å²) in [5.74, 6) is 0.490. The molecule has 0 spiro atoms. The van der Waals surface area contributed by atoms with Gasteiger partial charge in [-0.25, -0.2) is 4.98 Å². The molecule has 0 saturated heterocycles. The van der Waals surface area contributed by atoms with Gasteiger partial charge in [-0.2, -0.15) is 0 Å². The zero-order chi connectivity index (χ0) is 12.4. The molecule has 0 unspecified atom stereocenters. The molecule has 0 aliphatic heterocycles. The molecule has 6 heteroatoms. The smallest absolute Gasteiger partial charge is 0.267 e. The molecule has 1 aromatic carbocycles. The predicted octanol–water partition coefficient (Wildman–Crippen LogP) is 3.35. The van der Waals surface area contributed by atoms with E-state index in [-0.39, 0.29) is 5.56 Å². The Balaban J connectivity index is 2.35. The number of nitrogens with one attached hydrogen (secondary N) is 2. The van der Waals surface area contributed by atoms with E-state index in [1.807, 2.05) is 25.1 Å². The fourth-order valence-electron chi connectivity index (χ4n) is 1.28. The third kappa shape index (κ3) is 2.76. The lowest BCUT2D eigenvalue weighted by atomic mass is 10.2. The molecule has 0 fully saturated rings. The van der Waals surface area contributed by atoms with Crippen LogP contribution in [-0.4, -0.2) is 9.97 Å². The molecule has 1 heterocycles. The van der Waals surface area contributed by atoms with Crippen molar-refractivity contribution in [3.05, 3.63) is 49.4 Å². The average Bonchev–Trinajstić information content (AvgIpc) is 2.30. The average molecular weight is 359 g/mol. The first-order valence-electron chi connectivity index (χ1n) is 4.84. The lowest BCUT2D eigenvalue weighted by Gasteiger charge is -2.08. The summed E-state index contributed by atoms with van der Waals surface area (Å²) in [7, 11) is 0. The van der Waals surface area contributed by atoms with Crippen molar-refractivity contribution in [2.45, 2.75) is 6.92 Å². The lowest BCUT2D eigenvalue weighted by molar-refractivity contribution is 1.10. The van der Waals surface area contributed by atoms with Crippen LogP contribution in [0.5, 0.6) is 0 Å². The van der Waals surface area contributed by atoms with Crippen molar-refractivity contribution < 1.29 is 0 Å². The maximum atomic E-state index is 11.4. The van der Waals surface area contributed by atoms with Gasteiger partial charge in [-0.05, 0) is 40.5 Å². The maximum Gasteiger partial charge on any atom is 0.267 e. The van der Waals surface area contributed by atoms with E-state index in [9.17, 15) is 4.79 Å². The van der Waals surface area contributed by atoms with Gasteiger partial charge in [0.15, 0.2) is 5.82 Å². The van der Waals surface area contributed by atoms with Crippen molar-refractivity contribution >= 4 is 43.4 Å². The number of rotatable bonds is 2. The summed E-state index contributed by atoms with van der Waals surface area (Å²) in [6.07, 6.45) is 1.36. The van der Waals surface area contributed by atoms with Crippen molar-refractivity contribution in [1.29, 1.82) is 0 Å². The minimum atomic E-state index is -0.214. The lowest BCUT2D eigenvalue weighted by Crippen LogP contribution is -2.10. The first-order valence-corrected chi connectivity index (χ1v) is 6.43. The van der Waals surface area contributed by atoms with Crippen molar-refractivity contribution in [3.8, 4) is 0 Å². The maximum absolute atomic E-state index is 11.4. The van der Waals surface area contributed by atoms with Gasteiger partial charge in [0.1, 0.15) is 4.47 Å². The molecular weight excluding hydrogens is 350 g/mol. The zero-order valence-corrected chi connectivity index (χ0v) is 12.1. The van der Waals surface area contributed by atoms with Gasteiger partial charge >= 0.3 is 0 Å². The first-order chi connectivity index (χ1) is 8.08. The number of nitrogens with zero attached hydrogens (tertiary/aromatic N) is 1. The second-order valence-electron chi connectivity index (χ2n) is 3.48. The molecule has 2 N–H and O–H groups in total. The second kappa shape index (κ2) is 5.01. The number of H-pyrrole nitrogens is 1. The molecule has 0 saturated carbocycles. The summed E-state index contributed by atoms with van der Waals surface area (Å²) in [5.41, 5.74) is 1.79. The van der Waals surface area contributed by atoms with Crippen LogP contribution < -0.4 is 10.9 Å². The van der Waals surface area contributed by atoms with Gasteiger partial charge in [0.2, 0.25) is 0 Å². The van der Waals surface area contributed by atoms with Crippen molar-refractivity contribution in [3.63, 3.8) is 0 Å². The minimum absolute atomic E-state index is 0.214. The minimum Gasteiger partial charge on any atom is -0.339 e. The molecular formula is C11H9Br2N3O. The van der Waals surface area contributed by atoms with Crippen LogP contribution in [0.2, 0.25) is 0 Å². The van der Waals surface area contributed by atoms with E-state index in [1.54, 1.807) is 0 Å². The topological polar surface area (TPSA) is 57.8 Å². The van der Waals surface area contributed by atoms with Gasteiger partial charge < -0.3 is 10.3 Å². The number of hydrogen-bond acceptors (Lipinski definition) is 3. The number of aryl methyl sites for hydroxylation is 1. The number of anilines is 2. The normalized spacial score (nSPS) is 10.3. The fraction of sp³-hybridized carbons (Fsp3) is 0.0909. The number of halogens is 2. The summed E-state index contributed by atoms with van der Waals surface area (Å²) in [5, 5.41) is 3.07. The van der Waals surface area contributed by atoms with Crippen LogP contribution in [0.15, 0.2) is 38.3 Å². The Kier molecular flexibility index (Phi) is 3.63. The number of aromatic nitrogens is 2. The summed E-state index contributed by atoms with van der Waals surface area (Å²) in [4.78, 5) is 17.9. The predicted molar refractivity (Wildman–Crippen MR) is 74.7 cm³/mol. The number of benzene rings is 1. The van der Waals surface area contributed by atoms with Crippen LogP contribution in [0.4, 0.5) is 11.5 Å². The summed E-state index contributed by atoms with van der Waals surface area (Å²) >= 11 is 6.64. The van der Waals surface area contributed by atoms with Crippen LogP contribution >= 0.6 is 31.9 Å². The Hall–Kier alpha value is -1.14. The van der Waals surface area contributed by atoms with E-state index in [0.717, 1.165) is 15.7 Å². The van der Waals surface area contributed by atoms with E-state index >= 15 is 0 Å². The monoisotopic (exact) mass is 357 g/mol. The van der Waals surface area contributed by atoms with Gasteiger partial charge in [0, 0.05) is 10.2 Å². The summed E-state index contributed by atoms with van der Waals surface area (Å²) < 4.78 is 1.39. The Morgan fingerprint density at radius 2 is 2.12 bits per heavy atom. The standard InChI is InChI=1S/C11H9Br2N3O/c1-6-2-3-7(4-8(6)12)16-10-9(13)11(17)15-5-14-10/h2-5H,1H3,(H2,14,15,16,17). The van der Waals surface area contributed by atoms with E-state index in [1.165, 1.54) is 6.33 Å². The van der Waals surface area contributed by atoms with Crippen LogP contribution in [0.3, 0.4) is 0 Å². The molecule has 17 heavy (non-hydrogen) atoms. The van der Waals surface area contributed by atoms with Gasteiger partial charge in [0.05, 0.1) is 6.33 Å². The molecule has 2 rings (SSSR count). The fourth-order valence-corrected chi connectivity index (χ4v) is 1.97. The highest BCUT2D eigenvalue weighted by Crippen LogP contribution is 2.24. The summed E-state index contributed by atoms with van der Waals surface area (Å²) in [6.45, 7) is 2.01. The zero-order valence-electron chi connectivity index (χ0n) is 8.92. The molecule has 0 aliphatic rings. The molecule has 0 amide bonds. The molecule has 2 aromatic rings. The quantitative estimate of drug-likeness (QED) is 0.865. The van der Waals surface area contributed by atoms with Gasteiger partial charge in [-0.15, -0.1) is 0 Å². The Labute approximate surface area is 115 Å². The van der Waals surface area contributed by atoms with Crippen LogP contribution in [0.1, 0.15) is 5.56 Å². The highest BCUT2D eigenvalue weighted by Gasteiger charge is 2.05. The Morgan fingerprint density at radius 3 is 2.82 bits per heavy atom. The Morgan fingerprint density at radius 1 is 1.35 bits per heavy atom. The largest absolute Gasteiger partial charge is 0.339 e. The third-order valence-corrected chi connectivity index (χ3v) is 3.82. The molecule has 88 valence electrons. The van der Waals surface area contributed by atoms with Gasteiger partial charge in [0.25, 0.3) is 5.56 Å². The second-order valence-corrected chi connectivity index (χ2v) is 5.13. The molecule has 0 radical (unpaired) electrons. The van der Waals surface area contributed by atoms with Crippen molar-refractivity contribution in [1.82, 2.24) is 9.97 Å². The van der Waals surface area contributed by atoms with Crippen LogP contribution in [-0.2, 0) is 0 Å². The first kappa shape index (κ1) is 12.3. The molecule has 0 aliphatic carbocycles. The van der Waals surface area contributed by atoms with E-state index in [0.29, 0.717) is 10.3 Å². The van der Waals surface area contributed by atoms with E-state index < -0.39 is 0 Å². The SMILES string of the molecule is Cc1ccc(Nc2nc[nH]c(=O)c2Br)cc1Br. The van der Waals surface area contributed by atoms with Gasteiger partial charge in [-0.1, -0.05) is 22.0 Å². The van der Waals surface area contributed by atoms with Crippen LogP contribution in [0, 0.1) is 6.92 Å². The van der Waals surface area contributed by atoms with Gasteiger partial charge in [-0.3, -0.25) is 4.79 Å². The summed E-state index contributed by atoms with van der Waals surface area (Å²) in [6, 6.07) is 5.84. The molecule has 1 aromatic heterocycles. The highest BCUT2D eigenvalue weighted by molar-refractivity contribution is 9.10.